The molecule has 2 aromatic carbocycles. The summed E-state index contributed by atoms with van der Waals surface area (Å²) in [6, 6.07) is 17.2. The van der Waals surface area contributed by atoms with Gasteiger partial charge in [-0.05, 0) is 42.5 Å². The molecule has 2 nitrogen and oxygen atoms in total. The normalized spacial score (nSPS) is 12.8. The first-order valence-corrected chi connectivity index (χ1v) is 7.52. The van der Waals surface area contributed by atoms with Crippen LogP contribution in [0.1, 0.15) is 27.6 Å². The number of nitrogens with one attached hydrogen (secondary N) is 1. The minimum Gasteiger partial charge on any atom is -0.271 e. The third-order valence-electron chi connectivity index (χ3n) is 3.63. The maximum atomic E-state index is 5.82. The van der Waals surface area contributed by atoms with Crippen molar-refractivity contribution in [2.24, 2.45) is 5.84 Å². The van der Waals surface area contributed by atoms with Crippen LogP contribution in [-0.4, -0.2) is 0 Å². The summed E-state index contributed by atoms with van der Waals surface area (Å²) in [5.74, 6) is 5.82. The molecule has 3 N–H and O–H groups in total. The first-order chi connectivity index (χ1) is 9.69. The summed E-state index contributed by atoms with van der Waals surface area (Å²) >= 11 is 1.80. The zero-order valence-corrected chi connectivity index (χ0v) is 12.5. The van der Waals surface area contributed by atoms with E-state index in [2.05, 4.69) is 67.8 Å². The molecule has 0 aliphatic carbocycles. The Hall–Kier alpha value is -1.68. The highest BCUT2D eigenvalue weighted by molar-refractivity contribution is 7.19. The Balaban J connectivity index is 2.08. The van der Waals surface area contributed by atoms with Crippen LogP contribution in [0.15, 0.2) is 48.5 Å². The highest BCUT2D eigenvalue weighted by Gasteiger charge is 2.17. The van der Waals surface area contributed by atoms with Gasteiger partial charge in [0.2, 0.25) is 0 Å². The lowest BCUT2D eigenvalue weighted by Gasteiger charge is -2.17. The van der Waals surface area contributed by atoms with Gasteiger partial charge in [-0.2, -0.15) is 0 Å². The van der Waals surface area contributed by atoms with E-state index in [1.54, 1.807) is 11.3 Å². The van der Waals surface area contributed by atoms with Crippen LogP contribution in [0, 0.1) is 13.8 Å². The van der Waals surface area contributed by atoms with Crippen LogP contribution >= 0.6 is 11.3 Å². The second-order valence-electron chi connectivity index (χ2n) is 5.15. The van der Waals surface area contributed by atoms with E-state index in [0.29, 0.717) is 0 Å². The topological polar surface area (TPSA) is 38.0 Å². The third kappa shape index (κ3) is 2.36. The molecule has 1 unspecified atom stereocenters. The largest absolute Gasteiger partial charge is 0.271 e. The van der Waals surface area contributed by atoms with Crippen LogP contribution in [0.2, 0.25) is 0 Å². The van der Waals surface area contributed by atoms with Crippen molar-refractivity contribution in [1.82, 2.24) is 5.43 Å². The molecule has 0 fully saturated rings. The molecule has 1 atom stereocenters. The first kappa shape index (κ1) is 13.3. The quantitative estimate of drug-likeness (QED) is 0.561. The van der Waals surface area contributed by atoms with E-state index in [1.165, 1.54) is 31.7 Å². The molecule has 0 bridgehead atoms. The molecule has 3 heteroatoms. The highest BCUT2D eigenvalue weighted by atomic mass is 32.1. The standard InChI is InChI=1S/C17H18N2S/c1-11-7-8-14(12(2)9-11)17(19-18)16-10-13-5-3-4-6-15(13)20-16/h3-10,17,19H,18H2,1-2H3. The van der Waals surface area contributed by atoms with Crippen LogP contribution in [0.3, 0.4) is 0 Å². The molecular weight excluding hydrogens is 264 g/mol. The third-order valence-corrected chi connectivity index (χ3v) is 4.81. The molecule has 0 radical (unpaired) electrons. The second kappa shape index (κ2) is 5.37. The highest BCUT2D eigenvalue weighted by Crippen LogP contribution is 2.33. The summed E-state index contributed by atoms with van der Waals surface area (Å²) < 4.78 is 1.30. The van der Waals surface area contributed by atoms with Gasteiger partial charge in [0.05, 0.1) is 6.04 Å². The Morgan fingerprint density at radius 2 is 1.85 bits per heavy atom. The van der Waals surface area contributed by atoms with E-state index in [1.807, 2.05) is 0 Å². The van der Waals surface area contributed by atoms with Crippen LogP contribution < -0.4 is 11.3 Å². The van der Waals surface area contributed by atoms with E-state index in [4.69, 9.17) is 5.84 Å². The molecule has 102 valence electrons. The molecule has 0 spiro atoms. The van der Waals surface area contributed by atoms with Crippen LogP contribution in [0.25, 0.3) is 10.1 Å². The molecule has 3 aromatic rings. The maximum absolute atomic E-state index is 5.82. The Morgan fingerprint density at radius 3 is 2.55 bits per heavy atom. The molecule has 20 heavy (non-hydrogen) atoms. The summed E-state index contributed by atoms with van der Waals surface area (Å²) in [6.45, 7) is 4.25. The second-order valence-corrected chi connectivity index (χ2v) is 6.26. The number of nitrogens with two attached hydrogens (primary N) is 1. The van der Waals surface area contributed by atoms with Crippen molar-refractivity contribution < 1.29 is 0 Å². The van der Waals surface area contributed by atoms with Gasteiger partial charge in [0.25, 0.3) is 0 Å². The minimum atomic E-state index is 0.0491. The lowest BCUT2D eigenvalue weighted by atomic mass is 9.98. The molecule has 0 aliphatic heterocycles. The minimum absolute atomic E-state index is 0.0491. The van der Waals surface area contributed by atoms with Crippen molar-refractivity contribution in [3.8, 4) is 0 Å². The number of thiophene rings is 1. The molecule has 0 amide bonds. The van der Waals surface area contributed by atoms with E-state index in [0.717, 1.165) is 0 Å². The number of hydrogen-bond donors (Lipinski definition) is 2. The van der Waals surface area contributed by atoms with E-state index in [-0.39, 0.29) is 6.04 Å². The fraction of sp³-hybridized carbons (Fsp3) is 0.176. The zero-order valence-electron chi connectivity index (χ0n) is 11.7. The van der Waals surface area contributed by atoms with Crippen molar-refractivity contribution in [3.05, 3.63) is 70.1 Å². The van der Waals surface area contributed by atoms with E-state index < -0.39 is 0 Å². The van der Waals surface area contributed by atoms with Crippen molar-refractivity contribution in [3.63, 3.8) is 0 Å². The average Bonchev–Trinajstić information content (AvgIpc) is 2.85. The number of hydrazine groups is 1. The molecular formula is C17H18N2S. The van der Waals surface area contributed by atoms with Gasteiger partial charge in [0, 0.05) is 9.58 Å². The molecule has 1 aromatic heterocycles. The fourth-order valence-electron chi connectivity index (χ4n) is 2.62. The molecule has 1 heterocycles. The summed E-state index contributed by atoms with van der Waals surface area (Å²) in [4.78, 5) is 1.25. The monoisotopic (exact) mass is 282 g/mol. The summed E-state index contributed by atoms with van der Waals surface area (Å²) in [6.07, 6.45) is 0. The summed E-state index contributed by atoms with van der Waals surface area (Å²) in [5, 5.41) is 1.28. The maximum Gasteiger partial charge on any atom is 0.0805 e. The smallest absolute Gasteiger partial charge is 0.0805 e. The van der Waals surface area contributed by atoms with Gasteiger partial charge in [-0.15, -0.1) is 11.3 Å². The van der Waals surface area contributed by atoms with Crippen molar-refractivity contribution in [2.45, 2.75) is 19.9 Å². The number of benzene rings is 2. The van der Waals surface area contributed by atoms with Crippen molar-refractivity contribution in [1.29, 1.82) is 0 Å². The Bertz CT molecular complexity index is 713. The van der Waals surface area contributed by atoms with Gasteiger partial charge in [-0.1, -0.05) is 42.0 Å². The van der Waals surface area contributed by atoms with Crippen LogP contribution in [-0.2, 0) is 0 Å². The van der Waals surface area contributed by atoms with Crippen molar-refractivity contribution in [2.75, 3.05) is 0 Å². The number of hydrogen-bond acceptors (Lipinski definition) is 3. The van der Waals surface area contributed by atoms with Crippen molar-refractivity contribution >= 4 is 21.4 Å². The van der Waals surface area contributed by atoms with Gasteiger partial charge in [0.1, 0.15) is 0 Å². The van der Waals surface area contributed by atoms with Gasteiger partial charge >= 0.3 is 0 Å². The zero-order chi connectivity index (χ0) is 14.1. The van der Waals surface area contributed by atoms with Crippen LogP contribution in [0.4, 0.5) is 0 Å². The van der Waals surface area contributed by atoms with Gasteiger partial charge in [-0.3, -0.25) is 5.84 Å². The van der Waals surface area contributed by atoms with Gasteiger partial charge in [0.15, 0.2) is 0 Å². The SMILES string of the molecule is Cc1ccc(C(NN)c2cc3ccccc3s2)c(C)c1. The van der Waals surface area contributed by atoms with Gasteiger partial charge in [-0.25, -0.2) is 5.43 Å². The predicted molar refractivity (Wildman–Crippen MR) is 86.9 cm³/mol. The summed E-state index contributed by atoms with van der Waals surface area (Å²) in [5.41, 5.74) is 6.75. The van der Waals surface area contributed by atoms with E-state index >= 15 is 0 Å². The number of aryl methyl sites for hydroxylation is 2. The molecule has 0 saturated carbocycles. The first-order valence-electron chi connectivity index (χ1n) is 6.71. The average molecular weight is 282 g/mol. The molecule has 0 aliphatic rings. The van der Waals surface area contributed by atoms with Crippen LogP contribution in [0.5, 0.6) is 0 Å². The number of rotatable bonds is 3. The summed E-state index contributed by atoms with van der Waals surface area (Å²) in [7, 11) is 0. The van der Waals surface area contributed by atoms with Gasteiger partial charge < -0.3 is 0 Å². The lowest BCUT2D eigenvalue weighted by molar-refractivity contribution is 0.643. The molecule has 0 saturated heterocycles. The lowest BCUT2D eigenvalue weighted by Crippen LogP contribution is -2.28. The van der Waals surface area contributed by atoms with E-state index in [9.17, 15) is 0 Å². The fourth-order valence-corrected chi connectivity index (χ4v) is 3.76. The Labute approximate surface area is 123 Å². The Kier molecular flexibility index (Phi) is 3.57. The molecule has 3 rings (SSSR count). The predicted octanol–water partition coefficient (Wildman–Crippen LogP) is 4.07. The number of fused-ring (bicyclic) bond motifs is 1. The Morgan fingerprint density at radius 1 is 1.05 bits per heavy atom.